The third-order valence-corrected chi connectivity index (χ3v) is 5.18. The van der Waals surface area contributed by atoms with Crippen LogP contribution in [0.2, 0.25) is 0 Å². The number of esters is 2. The molecule has 1 aromatic carbocycles. The van der Waals surface area contributed by atoms with Gasteiger partial charge in [0, 0.05) is 5.57 Å². The fraction of sp³-hybridized carbons (Fsp3) is 0.185. The molecule has 2 aliphatic carbocycles. The van der Waals surface area contributed by atoms with Gasteiger partial charge >= 0.3 is 11.9 Å². The molecule has 0 aliphatic heterocycles. The molecule has 0 unspecified atom stereocenters. The lowest BCUT2D eigenvalue weighted by atomic mass is 9.88. The first-order valence-corrected chi connectivity index (χ1v) is 10.0. The summed E-state index contributed by atoms with van der Waals surface area (Å²) >= 11 is 0. The maximum Gasteiger partial charge on any atom is 0.339 e. The van der Waals surface area contributed by atoms with Gasteiger partial charge in [0.15, 0.2) is 0 Å². The Morgan fingerprint density at radius 2 is 1.48 bits per heavy atom. The van der Waals surface area contributed by atoms with Gasteiger partial charge in [-0.1, -0.05) is 60.2 Å². The molecule has 0 amide bonds. The summed E-state index contributed by atoms with van der Waals surface area (Å²) in [5.74, 6) is -1.17. The number of rotatable bonds is 4. The number of fused-ring (bicyclic) bond motifs is 1. The van der Waals surface area contributed by atoms with E-state index in [-0.39, 0.29) is 11.1 Å². The fourth-order valence-corrected chi connectivity index (χ4v) is 3.82. The Labute approximate surface area is 183 Å². The van der Waals surface area contributed by atoms with Crippen LogP contribution >= 0.6 is 0 Å². The largest absolute Gasteiger partial charge is 0.465 e. The highest BCUT2D eigenvalue weighted by molar-refractivity contribution is 6.07. The first-order valence-electron chi connectivity index (χ1n) is 10.0. The molecule has 31 heavy (non-hydrogen) atoms. The Kier molecular flexibility index (Phi) is 6.71. The fourth-order valence-electron chi connectivity index (χ4n) is 3.82. The van der Waals surface area contributed by atoms with Gasteiger partial charge in [-0.2, -0.15) is 0 Å². The Bertz CT molecular complexity index is 1130. The predicted molar refractivity (Wildman–Crippen MR) is 123 cm³/mol. The van der Waals surface area contributed by atoms with Crippen molar-refractivity contribution in [3.05, 3.63) is 111 Å². The predicted octanol–water partition coefficient (Wildman–Crippen LogP) is 5.43. The van der Waals surface area contributed by atoms with Crippen LogP contribution < -0.4 is 0 Å². The molecule has 0 spiro atoms. The number of carbonyl (C=O) groups is 2. The Hall–Kier alpha value is -3.66. The van der Waals surface area contributed by atoms with Crippen molar-refractivity contribution in [1.29, 1.82) is 0 Å². The first kappa shape index (κ1) is 22.0. The smallest absolute Gasteiger partial charge is 0.339 e. The molecule has 158 valence electrons. The quantitative estimate of drug-likeness (QED) is 0.617. The number of hydrogen-bond donors (Lipinski definition) is 0. The van der Waals surface area contributed by atoms with Crippen LogP contribution in [0.1, 0.15) is 26.3 Å². The number of allylic oxidation sites excluding steroid dienone is 9. The van der Waals surface area contributed by atoms with Gasteiger partial charge in [0.1, 0.15) is 0 Å². The zero-order chi connectivity index (χ0) is 22.5. The molecule has 0 N–H and O–H groups in total. The van der Waals surface area contributed by atoms with Crippen molar-refractivity contribution in [1.82, 2.24) is 0 Å². The number of ether oxygens (including phenoxy) is 2. The molecule has 0 saturated heterocycles. The maximum absolute atomic E-state index is 12.9. The molecular formula is C27H26O4. The lowest BCUT2D eigenvalue weighted by Gasteiger charge is -2.17. The lowest BCUT2D eigenvalue weighted by Crippen LogP contribution is -2.16. The maximum atomic E-state index is 12.9. The second-order valence-corrected chi connectivity index (χ2v) is 7.49. The average molecular weight is 415 g/mol. The summed E-state index contributed by atoms with van der Waals surface area (Å²) in [7, 11) is 2.62. The topological polar surface area (TPSA) is 52.6 Å². The molecule has 4 nitrogen and oxygen atoms in total. The van der Waals surface area contributed by atoms with Crippen LogP contribution in [0.4, 0.5) is 0 Å². The molecule has 0 atom stereocenters. The van der Waals surface area contributed by atoms with E-state index in [2.05, 4.69) is 6.08 Å². The molecule has 3 rings (SSSR count). The zero-order valence-corrected chi connectivity index (χ0v) is 18.5. The molecule has 0 bridgehead atoms. The summed E-state index contributed by atoms with van der Waals surface area (Å²) in [4.78, 5) is 25.7. The van der Waals surface area contributed by atoms with Crippen LogP contribution in [0, 0.1) is 0 Å². The summed E-state index contributed by atoms with van der Waals surface area (Å²) < 4.78 is 10.1. The van der Waals surface area contributed by atoms with Gasteiger partial charge in [-0.05, 0) is 60.8 Å². The summed E-state index contributed by atoms with van der Waals surface area (Å²) in [6.07, 6.45) is 11.6. The minimum atomic E-state index is -0.590. The molecule has 4 heteroatoms. The van der Waals surface area contributed by atoms with Crippen LogP contribution in [-0.2, 0) is 19.1 Å². The van der Waals surface area contributed by atoms with E-state index in [1.165, 1.54) is 14.2 Å². The Balaban J connectivity index is 2.33. The van der Waals surface area contributed by atoms with E-state index >= 15 is 0 Å². The lowest BCUT2D eigenvalue weighted by molar-refractivity contribution is -0.138. The number of benzene rings is 1. The molecule has 0 aromatic heterocycles. The van der Waals surface area contributed by atoms with E-state index in [1.54, 1.807) is 6.08 Å². The van der Waals surface area contributed by atoms with Crippen molar-refractivity contribution in [3.8, 4) is 0 Å². The number of carbonyl (C=O) groups excluding carboxylic acids is 2. The van der Waals surface area contributed by atoms with E-state index in [0.717, 1.165) is 33.4 Å². The van der Waals surface area contributed by atoms with E-state index in [0.29, 0.717) is 5.57 Å². The van der Waals surface area contributed by atoms with Gasteiger partial charge in [0.05, 0.1) is 25.4 Å². The molecule has 2 aliphatic rings. The molecule has 0 heterocycles. The van der Waals surface area contributed by atoms with Crippen LogP contribution in [0.15, 0.2) is 105 Å². The van der Waals surface area contributed by atoms with Crippen LogP contribution in [-0.4, -0.2) is 26.2 Å². The van der Waals surface area contributed by atoms with Crippen LogP contribution in [0.5, 0.6) is 0 Å². The average Bonchev–Trinajstić information content (AvgIpc) is 3.00. The van der Waals surface area contributed by atoms with Gasteiger partial charge in [0.2, 0.25) is 0 Å². The summed E-state index contributed by atoms with van der Waals surface area (Å²) in [6, 6.07) is 9.88. The third kappa shape index (κ3) is 4.75. The monoisotopic (exact) mass is 414 g/mol. The molecular weight excluding hydrogens is 388 g/mol. The van der Waals surface area contributed by atoms with Crippen molar-refractivity contribution in [2.45, 2.75) is 20.8 Å². The number of hydrogen-bond acceptors (Lipinski definition) is 4. The standard InChI is InChI=1S/C27H26O4/c1-17-13-18(2)22-15-21(12-11-20-9-7-6-8-10-20)16-23(26(28)30-4)25(27(29)31-5)24(22)19(3)14-17/h6-16H,1-5H3/b12-11-. The Morgan fingerprint density at radius 3 is 2.13 bits per heavy atom. The van der Waals surface area contributed by atoms with E-state index in [4.69, 9.17) is 9.47 Å². The van der Waals surface area contributed by atoms with Gasteiger partial charge in [0.25, 0.3) is 0 Å². The normalized spacial score (nSPS) is 16.5. The molecule has 1 aromatic rings. The highest BCUT2D eigenvalue weighted by atomic mass is 16.5. The molecule has 0 saturated carbocycles. The molecule has 0 radical (unpaired) electrons. The van der Waals surface area contributed by atoms with Crippen LogP contribution in [0.25, 0.3) is 6.08 Å². The summed E-state index contributed by atoms with van der Waals surface area (Å²) in [5.41, 5.74) is 6.66. The van der Waals surface area contributed by atoms with Crippen molar-refractivity contribution < 1.29 is 19.1 Å². The highest BCUT2D eigenvalue weighted by Gasteiger charge is 2.30. The first-order chi connectivity index (χ1) is 14.8. The van der Waals surface area contributed by atoms with Crippen molar-refractivity contribution in [2.75, 3.05) is 14.2 Å². The van der Waals surface area contributed by atoms with E-state index in [1.807, 2.05) is 75.4 Å². The minimum Gasteiger partial charge on any atom is -0.465 e. The van der Waals surface area contributed by atoms with Gasteiger partial charge in [-0.3, -0.25) is 0 Å². The van der Waals surface area contributed by atoms with Gasteiger partial charge in [-0.25, -0.2) is 9.59 Å². The third-order valence-electron chi connectivity index (χ3n) is 5.18. The summed E-state index contributed by atoms with van der Waals surface area (Å²) in [6.45, 7) is 5.94. The van der Waals surface area contributed by atoms with Crippen LogP contribution in [0.3, 0.4) is 0 Å². The van der Waals surface area contributed by atoms with Crippen molar-refractivity contribution in [3.63, 3.8) is 0 Å². The highest BCUT2D eigenvalue weighted by Crippen LogP contribution is 2.38. The molecule has 0 fully saturated rings. The second-order valence-electron chi connectivity index (χ2n) is 7.49. The van der Waals surface area contributed by atoms with Crippen molar-refractivity contribution >= 4 is 18.0 Å². The van der Waals surface area contributed by atoms with Gasteiger partial charge < -0.3 is 9.47 Å². The van der Waals surface area contributed by atoms with Gasteiger partial charge in [-0.15, -0.1) is 0 Å². The number of methoxy groups -OCH3 is 2. The zero-order valence-electron chi connectivity index (χ0n) is 18.5. The Morgan fingerprint density at radius 1 is 0.806 bits per heavy atom. The van der Waals surface area contributed by atoms with Crippen molar-refractivity contribution in [2.24, 2.45) is 0 Å². The minimum absolute atomic E-state index is 0.170. The van der Waals surface area contributed by atoms with E-state index < -0.39 is 11.9 Å². The van der Waals surface area contributed by atoms with E-state index in [9.17, 15) is 9.59 Å². The second kappa shape index (κ2) is 9.43. The summed E-state index contributed by atoms with van der Waals surface area (Å²) in [5, 5.41) is 0. The SMILES string of the molecule is COC(=O)C1=C(C(=O)OC)C2=C(C)C=C(C)C=C(C)C2=CC(/C=C\c2ccccc2)=C1.